The van der Waals surface area contributed by atoms with Gasteiger partial charge in [-0.1, -0.05) is 22.4 Å². The van der Waals surface area contributed by atoms with E-state index in [4.69, 9.17) is 28.4 Å². The number of fused-ring (bicyclic) bond motifs is 2. The largest absolute Gasteiger partial charge is 0.493 e. The zero-order chi connectivity index (χ0) is 32.8. The molecule has 45 heavy (non-hydrogen) atoms. The van der Waals surface area contributed by atoms with E-state index in [1.807, 2.05) is 30.3 Å². The van der Waals surface area contributed by atoms with Gasteiger partial charge in [0, 0.05) is 32.5 Å². The van der Waals surface area contributed by atoms with Crippen LogP contribution in [0.15, 0.2) is 42.5 Å². The van der Waals surface area contributed by atoms with Crippen molar-refractivity contribution >= 4 is 48.9 Å². The van der Waals surface area contributed by atoms with E-state index in [0.29, 0.717) is 14.7 Å². The number of carbonyl (C=O) groups is 3. The van der Waals surface area contributed by atoms with Gasteiger partial charge in [-0.3, -0.25) is 19.3 Å². The van der Waals surface area contributed by atoms with E-state index < -0.39 is 13.6 Å². The number of ether oxygens (including phenoxy) is 4. The molecule has 11 nitrogen and oxygen atoms in total. The summed E-state index contributed by atoms with van der Waals surface area (Å²) in [5.41, 5.74) is 4.08. The molecule has 4 rings (SSSR count). The van der Waals surface area contributed by atoms with E-state index in [-0.39, 0.29) is 39.4 Å². The van der Waals surface area contributed by atoms with Crippen molar-refractivity contribution in [3.8, 4) is 11.5 Å². The minimum Gasteiger partial charge on any atom is -0.493 e. The van der Waals surface area contributed by atoms with Crippen molar-refractivity contribution in [3.05, 3.63) is 64.7 Å². The third-order valence-corrected chi connectivity index (χ3v) is 7.49. The molecule has 1 unspecified atom stereocenters. The van der Waals surface area contributed by atoms with Crippen LogP contribution < -0.4 is 9.47 Å². The summed E-state index contributed by atoms with van der Waals surface area (Å²) in [5.74, 6) is 1.01. The van der Waals surface area contributed by atoms with E-state index in [9.17, 15) is 18.9 Å². The van der Waals surface area contributed by atoms with E-state index in [1.54, 1.807) is 39.8 Å². The summed E-state index contributed by atoms with van der Waals surface area (Å²) in [6.07, 6.45) is 5.62. The second-order valence-corrected chi connectivity index (χ2v) is 11.8. The normalized spacial score (nSPS) is 12.2. The average Bonchev–Trinajstić information content (AvgIpc) is 3.66. The predicted molar refractivity (Wildman–Crippen MR) is 181 cm³/mol. The molecule has 2 heterocycles. The van der Waals surface area contributed by atoms with Crippen LogP contribution in [0.1, 0.15) is 62.2 Å². The second kappa shape index (κ2) is 24.3. The molecule has 2 aliphatic heterocycles. The van der Waals surface area contributed by atoms with Crippen LogP contribution in [0.5, 0.6) is 11.5 Å². The van der Waals surface area contributed by atoms with Crippen molar-refractivity contribution in [1.82, 2.24) is 0 Å². The first-order chi connectivity index (χ1) is 21.2. The fraction of sp³-hybridized carbons (Fsp3) is 0.452. The molecule has 0 bridgehead atoms. The molecule has 0 aliphatic carbocycles. The Kier molecular flexibility index (Phi) is 22.7. The lowest BCUT2D eigenvalue weighted by molar-refractivity contribution is -0.140. The average molecular weight is 686 g/mol. The van der Waals surface area contributed by atoms with Gasteiger partial charge < -0.3 is 28.0 Å². The van der Waals surface area contributed by atoms with Gasteiger partial charge >= 0.3 is 19.5 Å². The highest BCUT2D eigenvalue weighted by Crippen LogP contribution is 2.47. The summed E-state index contributed by atoms with van der Waals surface area (Å²) >= 11 is 0. The fourth-order valence-corrected chi connectivity index (χ4v) is 5.28. The molecular weight excluding hydrogens is 639 g/mol. The summed E-state index contributed by atoms with van der Waals surface area (Å²) in [5, 5.41) is 6.14. The highest BCUT2D eigenvalue weighted by molar-refractivity contribution is 7.96. The minimum absolute atomic E-state index is 0. The van der Waals surface area contributed by atoms with Crippen molar-refractivity contribution < 1.29 is 46.9 Å². The molecule has 0 radical (unpaired) electrons. The Bertz CT molecular complexity index is 1280. The number of nitrogens with one attached hydrogen (secondary N) is 1. The molecule has 1 atom stereocenters. The predicted octanol–water partition coefficient (Wildman–Crippen LogP) is 7.57. The molecule has 0 saturated heterocycles. The van der Waals surface area contributed by atoms with Gasteiger partial charge in [0.25, 0.3) is 0 Å². The monoisotopic (exact) mass is 685 g/mol. The number of hydrogen-bond donors (Lipinski definition) is 1. The van der Waals surface area contributed by atoms with E-state index >= 15 is 0 Å². The molecule has 0 aromatic heterocycles. The van der Waals surface area contributed by atoms with E-state index in [1.165, 1.54) is 11.6 Å². The first-order valence-corrected chi connectivity index (χ1v) is 18.3. The van der Waals surface area contributed by atoms with E-state index in [2.05, 4.69) is 13.7 Å². The maximum Gasteiger partial charge on any atom is 0.341 e. The third kappa shape index (κ3) is 16.8. The smallest absolute Gasteiger partial charge is 0.341 e. The van der Waals surface area contributed by atoms with Crippen molar-refractivity contribution in [2.24, 2.45) is 0 Å². The lowest BCUT2D eigenvalue weighted by Gasteiger charge is -2.15. The van der Waals surface area contributed by atoms with Crippen LogP contribution in [0.25, 0.3) is 6.08 Å². The van der Waals surface area contributed by atoms with Gasteiger partial charge in [0.05, 0.1) is 39.6 Å². The van der Waals surface area contributed by atoms with Crippen LogP contribution in [0.4, 0.5) is 0 Å². The van der Waals surface area contributed by atoms with Gasteiger partial charge in [0.15, 0.2) is 0 Å². The summed E-state index contributed by atoms with van der Waals surface area (Å²) < 4.78 is 41.7. The second-order valence-electron chi connectivity index (χ2n) is 8.67. The standard InChI is InChI=1S/C13H14O3.C9H8O2.C8H17O5P.CH4.H3NP2/c1-2-15-13(14)6-4-10-3-5-12-11(9-10)7-8-16-12;10-6-7-1-2-9-8(5-7)3-4-11-9;1-4-11-8(9)7-14(10,12-5-2)13-6-3;;1-3-2/h3-6,9H,2,7-8H2,1H3;1-2,5-6H,3-4H2;4-7H2,1-3H3;1H4;1H,2H2/b6-4+;;;;. The topological polar surface area (TPSA) is 148 Å². The van der Waals surface area contributed by atoms with Crippen LogP contribution in [0.3, 0.4) is 0 Å². The fourth-order valence-electron chi connectivity index (χ4n) is 3.83. The molecule has 2 aromatic carbocycles. The molecule has 14 heteroatoms. The summed E-state index contributed by atoms with van der Waals surface area (Å²) in [6, 6.07) is 11.4. The Balaban J connectivity index is 0.000000619. The van der Waals surface area contributed by atoms with Crippen LogP contribution in [-0.4, -0.2) is 64.0 Å². The molecule has 1 N–H and O–H groups in total. The van der Waals surface area contributed by atoms with Crippen molar-refractivity contribution in [1.29, 1.82) is 5.16 Å². The molecule has 2 aliphatic rings. The number of rotatable bonds is 11. The first-order valence-electron chi connectivity index (χ1n) is 14.1. The minimum atomic E-state index is -3.28. The Morgan fingerprint density at radius 3 is 1.84 bits per heavy atom. The van der Waals surface area contributed by atoms with Crippen LogP contribution >= 0.6 is 24.6 Å². The Hall–Kier alpha value is -2.93. The number of aldehydes is 1. The first kappa shape index (κ1) is 42.1. The van der Waals surface area contributed by atoms with Gasteiger partial charge in [-0.05, 0) is 80.8 Å². The molecule has 2 aromatic rings. The van der Waals surface area contributed by atoms with E-state index in [0.717, 1.165) is 60.5 Å². The van der Waals surface area contributed by atoms with Crippen molar-refractivity contribution in [2.75, 3.05) is 45.8 Å². The van der Waals surface area contributed by atoms with Crippen molar-refractivity contribution in [3.63, 3.8) is 0 Å². The van der Waals surface area contributed by atoms with Gasteiger partial charge in [0.2, 0.25) is 0 Å². The Morgan fingerprint density at radius 2 is 1.38 bits per heavy atom. The molecule has 0 spiro atoms. The van der Waals surface area contributed by atoms with Gasteiger partial charge in [0.1, 0.15) is 23.9 Å². The van der Waals surface area contributed by atoms with Gasteiger partial charge in [-0.15, -0.1) is 0 Å². The molecule has 0 amide bonds. The highest BCUT2D eigenvalue weighted by Gasteiger charge is 2.28. The number of hydrogen-bond acceptors (Lipinski definition) is 11. The molecular formula is C31H46NO10P3. The SMILES string of the molecule is C.CCOC(=O)/C=C/c1ccc2c(c1)CCO2.CCOC(=O)CP(=O)(OCC)OCC.N=PP.O=Cc1ccc2c(c1)CCO2. The van der Waals surface area contributed by atoms with Crippen LogP contribution in [-0.2, 0) is 45.5 Å². The molecule has 0 saturated carbocycles. The van der Waals surface area contributed by atoms with Crippen molar-refractivity contribution in [2.45, 2.75) is 48.0 Å². The van der Waals surface area contributed by atoms with Crippen LogP contribution in [0.2, 0.25) is 0 Å². The number of carbonyl (C=O) groups excluding carboxylic acids is 3. The molecule has 250 valence electrons. The number of esters is 2. The lowest BCUT2D eigenvalue weighted by Crippen LogP contribution is -2.12. The van der Waals surface area contributed by atoms with Crippen LogP contribution in [0, 0.1) is 5.16 Å². The zero-order valence-corrected chi connectivity index (χ0v) is 28.6. The van der Waals surface area contributed by atoms with Gasteiger partial charge in [-0.2, -0.15) is 0 Å². The maximum absolute atomic E-state index is 11.8. The highest BCUT2D eigenvalue weighted by atomic mass is 32.0. The Morgan fingerprint density at radius 1 is 0.889 bits per heavy atom. The summed E-state index contributed by atoms with van der Waals surface area (Å²) in [7, 11) is -0.479. The maximum atomic E-state index is 11.8. The summed E-state index contributed by atoms with van der Waals surface area (Å²) in [6.45, 7) is 9.51. The third-order valence-electron chi connectivity index (χ3n) is 5.54. The number of benzene rings is 2. The zero-order valence-electron chi connectivity index (χ0n) is 25.6. The summed E-state index contributed by atoms with van der Waals surface area (Å²) in [4.78, 5) is 32.5. The quantitative estimate of drug-likeness (QED) is 0.109. The lowest BCUT2D eigenvalue weighted by atomic mass is 10.1. The Labute approximate surface area is 270 Å². The van der Waals surface area contributed by atoms with Gasteiger partial charge in [-0.25, -0.2) is 4.79 Å². The molecule has 0 fully saturated rings.